The van der Waals surface area contributed by atoms with E-state index in [1.807, 2.05) is 0 Å². The largest absolute Gasteiger partial charge is 0.465 e. The van der Waals surface area contributed by atoms with Crippen LogP contribution in [0.1, 0.15) is 53.4 Å². The van der Waals surface area contributed by atoms with Gasteiger partial charge in [-0.15, -0.1) is 0 Å². The molecule has 0 saturated heterocycles. The highest BCUT2D eigenvalue weighted by atomic mass is 35.5. The molecule has 11 nitrogen and oxygen atoms in total. The number of nitrogens with one attached hydrogen (secondary N) is 2. The van der Waals surface area contributed by atoms with Crippen molar-refractivity contribution in [2.45, 2.75) is 69.4 Å². The van der Waals surface area contributed by atoms with E-state index in [0.717, 1.165) is 4.31 Å². The van der Waals surface area contributed by atoms with Gasteiger partial charge in [-0.2, -0.15) is 4.31 Å². The van der Waals surface area contributed by atoms with Crippen molar-refractivity contribution in [2.75, 3.05) is 18.5 Å². The number of fused-ring (bicyclic) bond motifs is 1. The zero-order valence-corrected chi connectivity index (χ0v) is 22.8. The first-order chi connectivity index (χ1) is 17.2. The number of sulfonamides is 1. The summed E-state index contributed by atoms with van der Waals surface area (Å²) in [6.07, 6.45) is 2.93. The molecule has 1 aliphatic rings. The molecule has 1 fully saturated rings. The van der Waals surface area contributed by atoms with Crippen LogP contribution in [0.2, 0.25) is 5.02 Å². The molecule has 13 heteroatoms. The van der Waals surface area contributed by atoms with Gasteiger partial charge >= 0.3 is 11.9 Å². The fraction of sp³-hybridized carbons (Fsp3) is 0.500. The van der Waals surface area contributed by atoms with Gasteiger partial charge in [-0.1, -0.05) is 30.5 Å². The number of aromatic nitrogens is 1. The van der Waals surface area contributed by atoms with Gasteiger partial charge in [0.2, 0.25) is 10.0 Å². The summed E-state index contributed by atoms with van der Waals surface area (Å²) < 4.78 is 40.0. The smallest absolute Gasteiger partial charge is 0.327 e. The number of anilines is 1. The van der Waals surface area contributed by atoms with Gasteiger partial charge in [-0.3, -0.25) is 15.0 Å². The third-order valence-electron chi connectivity index (χ3n) is 5.91. The van der Waals surface area contributed by atoms with Crippen LogP contribution >= 0.6 is 11.6 Å². The van der Waals surface area contributed by atoms with E-state index >= 15 is 0 Å². The molecular formula is C24H32ClN5O6S. The number of nitrogens with zero attached hydrogens (tertiary/aromatic N) is 2. The zero-order valence-electron chi connectivity index (χ0n) is 21.3. The summed E-state index contributed by atoms with van der Waals surface area (Å²) in [5.74, 6) is -1.77. The standard InChI is InChI=1S/C24H32ClN5O6S/c1-5-35-21(32)24(10-6-7-11-24)30(14-19(31)36-23(2,3)4)37(33,34)15-8-9-16-17(12-15)20(29-22(26)27)28-13-18(16)25/h8-9,12-13H,5-7,10-11,14H2,1-4H3,(H4,26,27,28,29). The number of pyridine rings is 1. The lowest BCUT2D eigenvalue weighted by Gasteiger charge is -2.37. The first-order valence-corrected chi connectivity index (χ1v) is 13.6. The van der Waals surface area contributed by atoms with Crippen LogP contribution in [0.3, 0.4) is 0 Å². The Kier molecular flexibility index (Phi) is 8.35. The lowest BCUT2D eigenvalue weighted by Crippen LogP contribution is -2.58. The summed E-state index contributed by atoms with van der Waals surface area (Å²) in [5.41, 5.74) is 3.04. The fourth-order valence-corrected chi connectivity index (χ4v) is 6.41. The third kappa shape index (κ3) is 6.13. The molecule has 0 atom stereocenters. The first-order valence-electron chi connectivity index (χ1n) is 11.8. The van der Waals surface area contributed by atoms with Crippen LogP contribution in [0.5, 0.6) is 0 Å². The van der Waals surface area contributed by atoms with E-state index in [1.54, 1.807) is 27.7 Å². The number of carbonyl (C=O) groups is 2. The van der Waals surface area contributed by atoms with Gasteiger partial charge in [0.25, 0.3) is 0 Å². The molecule has 0 spiro atoms. The number of carbonyl (C=O) groups excluding carboxylic acids is 2. The van der Waals surface area contributed by atoms with Crippen LogP contribution in [0.15, 0.2) is 29.3 Å². The van der Waals surface area contributed by atoms with Crippen molar-refractivity contribution in [2.24, 2.45) is 5.73 Å². The molecule has 0 bridgehead atoms. The van der Waals surface area contributed by atoms with E-state index in [-0.39, 0.29) is 40.6 Å². The van der Waals surface area contributed by atoms with Crippen molar-refractivity contribution >= 4 is 56.1 Å². The molecule has 0 radical (unpaired) electrons. The monoisotopic (exact) mass is 553 g/mol. The summed E-state index contributed by atoms with van der Waals surface area (Å²) in [5, 5.41) is 11.1. The molecule has 1 saturated carbocycles. The van der Waals surface area contributed by atoms with Gasteiger partial charge < -0.3 is 20.5 Å². The van der Waals surface area contributed by atoms with Crippen molar-refractivity contribution in [1.82, 2.24) is 9.29 Å². The van der Waals surface area contributed by atoms with Crippen LogP contribution in [0, 0.1) is 5.41 Å². The Morgan fingerprint density at radius 1 is 1.24 bits per heavy atom. The van der Waals surface area contributed by atoms with E-state index in [2.05, 4.69) is 10.3 Å². The number of rotatable bonds is 8. The van der Waals surface area contributed by atoms with Gasteiger partial charge in [0, 0.05) is 17.0 Å². The Morgan fingerprint density at radius 2 is 1.89 bits per heavy atom. The van der Waals surface area contributed by atoms with Crippen LogP contribution < -0.4 is 11.1 Å². The lowest BCUT2D eigenvalue weighted by molar-refractivity contribution is -0.160. The van der Waals surface area contributed by atoms with Crippen molar-refractivity contribution in [1.29, 1.82) is 5.41 Å². The molecule has 4 N–H and O–H groups in total. The average Bonchev–Trinajstić information content (AvgIpc) is 3.29. The Labute approximate surface area is 221 Å². The summed E-state index contributed by atoms with van der Waals surface area (Å²) in [7, 11) is -4.46. The third-order valence-corrected chi connectivity index (χ3v) is 8.12. The van der Waals surface area contributed by atoms with Crippen LogP contribution in [0.25, 0.3) is 10.8 Å². The molecule has 2 aromatic rings. The van der Waals surface area contributed by atoms with Crippen LogP contribution in [-0.4, -0.2) is 59.9 Å². The van der Waals surface area contributed by atoms with Crippen molar-refractivity contribution in [3.05, 3.63) is 29.4 Å². The van der Waals surface area contributed by atoms with E-state index in [0.29, 0.717) is 18.2 Å². The molecule has 1 heterocycles. The highest BCUT2D eigenvalue weighted by molar-refractivity contribution is 7.89. The summed E-state index contributed by atoms with van der Waals surface area (Å²) in [4.78, 5) is 30.1. The van der Waals surface area contributed by atoms with Crippen LogP contribution in [-0.2, 0) is 29.1 Å². The predicted octanol–water partition coefficient (Wildman–Crippen LogP) is 3.40. The van der Waals surface area contributed by atoms with Crippen molar-refractivity contribution in [3.63, 3.8) is 0 Å². The molecule has 0 aliphatic heterocycles. The number of nitrogens with two attached hydrogens (primary N) is 1. The SMILES string of the molecule is CCOC(=O)C1(N(CC(=O)OC(C)(C)C)S(=O)(=O)c2ccc3c(Cl)cnc(NC(=N)N)c3c2)CCCC1. The number of hydrogen-bond donors (Lipinski definition) is 3. The summed E-state index contributed by atoms with van der Waals surface area (Å²) in [6, 6.07) is 4.16. The quantitative estimate of drug-likeness (QED) is 0.252. The average molecular weight is 554 g/mol. The maximum Gasteiger partial charge on any atom is 0.327 e. The van der Waals surface area contributed by atoms with Gasteiger partial charge in [0.05, 0.1) is 16.5 Å². The fourth-order valence-electron chi connectivity index (χ4n) is 4.44. The van der Waals surface area contributed by atoms with Crippen molar-refractivity contribution in [3.8, 4) is 0 Å². The molecule has 3 rings (SSSR count). The number of benzene rings is 1. The summed E-state index contributed by atoms with van der Waals surface area (Å²) in [6.45, 7) is 6.03. The van der Waals surface area contributed by atoms with Gasteiger partial charge in [-0.25, -0.2) is 13.4 Å². The van der Waals surface area contributed by atoms with Gasteiger partial charge in [0.15, 0.2) is 5.96 Å². The Hall–Kier alpha value is -2.96. The lowest BCUT2D eigenvalue weighted by atomic mass is 9.97. The number of hydrogen-bond acceptors (Lipinski definition) is 8. The maximum absolute atomic E-state index is 14.2. The summed E-state index contributed by atoms with van der Waals surface area (Å²) >= 11 is 6.27. The van der Waals surface area contributed by atoms with E-state index in [9.17, 15) is 18.0 Å². The Balaban J connectivity index is 2.20. The zero-order chi connectivity index (χ0) is 27.6. The molecule has 0 unspecified atom stereocenters. The molecule has 1 aromatic carbocycles. The van der Waals surface area contributed by atoms with E-state index < -0.39 is 45.6 Å². The van der Waals surface area contributed by atoms with Crippen LogP contribution in [0.4, 0.5) is 5.82 Å². The minimum atomic E-state index is -4.46. The van der Waals surface area contributed by atoms with Gasteiger partial charge in [0.1, 0.15) is 23.5 Å². The normalized spacial score (nSPS) is 15.5. The van der Waals surface area contributed by atoms with E-state index in [4.69, 9.17) is 32.2 Å². The molecule has 1 aliphatic carbocycles. The molecule has 0 amide bonds. The highest BCUT2D eigenvalue weighted by Gasteiger charge is 2.53. The molecule has 37 heavy (non-hydrogen) atoms. The second-order valence-electron chi connectivity index (χ2n) is 9.76. The Morgan fingerprint density at radius 3 is 2.46 bits per heavy atom. The number of guanidine groups is 1. The molecule has 202 valence electrons. The molecule has 1 aromatic heterocycles. The second-order valence-corrected chi connectivity index (χ2v) is 12.0. The number of halogens is 1. The molecular weight excluding hydrogens is 522 g/mol. The second kappa shape index (κ2) is 10.8. The number of esters is 2. The first kappa shape index (κ1) is 28.6. The highest BCUT2D eigenvalue weighted by Crippen LogP contribution is 2.41. The van der Waals surface area contributed by atoms with Crippen molar-refractivity contribution < 1.29 is 27.5 Å². The van der Waals surface area contributed by atoms with E-state index in [1.165, 1.54) is 24.4 Å². The topological polar surface area (TPSA) is 165 Å². The minimum absolute atomic E-state index is 0.0567. The number of ether oxygens (including phenoxy) is 2. The van der Waals surface area contributed by atoms with Gasteiger partial charge in [-0.05, 0) is 52.7 Å². The Bertz CT molecular complexity index is 1320. The predicted molar refractivity (Wildman–Crippen MR) is 140 cm³/mol. The maximum atomic E-state index is 14.2. The minimum Gasteiger partial charge on any atom is -0.465 e.